The fourth-order valence-corrected chi connectivity index (χ4v) is 1.54. The molecule has 0 aliphatic rings. The minimum atomic E-state index is 1.38. The van der Waals surface area contributed by atoms with Crippen LogP contribution in [0.2, 0.25) is 0 Å². The summed E-state index contributed by atoms with van der Waals surface area (Å²) in [6.45, 7) is 0. The fourth-order valence-electron chi connectivity index (χ4n) is 0.629. The predicted molar refractivity (Wildman–Crippen MR) is 65.1 cm³/mol. The maximum atomic E-state index is 4.47. The zero-order valence-electron chi connectivity index (χ0n) is 8.02. The SMILES string of the molecule is c1ccsc1.c1ccsc1.c1cocn1. The molecule has 0 radical (unpaired) electrons. The summed E-state index contributed by atoms with van der Waals surface area (Å²) in [6.07, 6.45) is 4.47. The van der Waals surface area contributed by atoms with Gasteiger partial charge < -0.3 is 4.42 Å². The Hall–Kier alpha value is -1.39. The molecule has 0 spiro atoms. The highest BCUT2D eigenvalue weighted by Gasteiger charge is 1.60. The van der Waals surface area contributed by atoms with Crippen LogP contribution in [0.25, 0.3) is 0 Å². The van der Waals surface area contributed by atoms with Crippen molar-refractivity contribution >= 4 is 22.7 Å². The average molecular weight is 237 g/mol. The molecule has 0 unspecified atom stereocenters. The van der Waals surface area contributed by atoms with E-state index in [4.69, 9.17) is 0 Å². The molecule has 0 saturated carbocycles. The third-order valence-electron chi connectivity index (χ3n) is 1.20. The van der Waals surface area contributed by atoms with Gasteiger partial charge in [-0.05, 0) is 21.5 Å². The van der Waals surface area contributed by atoms with Crippen molar-refractivity contribution in [2.24, 2.45) is 0 Å². The Kier molecular flexibility index (Phi) is 7.15. The lowest BCUT2D eigenvalue weighted by Gasteiger charge is -1.47. The summed E-state index contributed by atoms with van der Waals surface area (Å²) >= 11 is 3.43. The molecule has 3 aromatic heterocycles. The van der Waals surface area contributed by atoms with E-state index < -0.39 is 0 Å². The van der Waals surface area contributed by atoms with Crippen LogP contribution in [0.5, 0.6) is 0 Å². The fraction of sp³-hybridized carbons (Fsp3) is 0. The highest BCUT2D eigenvalue weighted by molar-refractivity contribution is 7.08. The molecule has 0 fully saturated rings. The number of thiophene rings is 2. The van der Waals surface area contributed by atoms with Crippen LogP contribution in [0.4, 0.5) is 0 Å². The number of nitrogens with zero attached hydrogens (tertiary/aromatic N) is 1. The van der Waals surface area contributed by atoms with Crippen molar-refractivity contribution in [3.8, 4) is 0 Å². The van der Waals surface area contributed by atoms with Gasteiger partial charge in [0.1, 0.15) is 6.26 Å². The van der Waals surface area contributed by atoms with E-state index >= 15 is 0 Å². The Morgan fingerprint density at radius 3 is 1.47 bits per heavy atom. The van der Waals surface area contributed by atoms with Gasteiger partial charge in [-0.15, -0.1) is 0 Å². The maximum absolute atomic E-state index is 4.47. The van der Waals surface area contributed by atoms with Gasteiger partial charge in [-0.1, -0.05) is 24.3 Å². The van der Waals surface area contributed by atoms with E-state index in [1.807, 2.05) is 45.8 Å². The largest absolute Gasteiger partial charge is 0.452 e. The lowest BCUT2D eigenvalue weighted by atomic mass is 10.7. The van der Waals surface area contributed by atoms with Crippen molar-refractivity contribution in [2.45, 2.75) is 0 Å². The summed E-state index contributed by atoms with van der Waals surface area (Å²) < 4.78 is 4.47. The van der Waals surface area contributed by atoms with Gasteiger partial charge in [0.05, 0.1) is 6.20 Å². The molecule has 3 rings (SSSR count). The Bertz CT molecular complexity index is 251. The van der Waals surface area contributed by atoms with Crippen LogP contribution in [0.1, 0.15) is 0 Å². The molecule has 0 aliphatic carbocycles. The minimum absolute atomic E-state index is 1.38. The summed E-state index contributed by atoms with van der Waals surface area (Å²) in [6, 6.07) is 8.07. The molecule has 0 aliphatic heterocycles. The van der Waals surface area contributed by atoms with E-state index in [1.54, 1.807) is 28.9 Å². The average Bonchev–Trinajstić information content (AvgIpc) is 3.09. The molecule has 78 valence electrons. The Labute approximate surface area is 96.9 Å². The summed E-state index contributed by atoms with van der Waals surface area (Å²) in [5.41, 5.74) is 0. The molecule has 0 bridgehead atoms. The van der Waals surface area contributed by atoms with E-state index in [-0.39, 0.29) is 0 Å². The monoisotopic (exact) mass is 237 g/mol. The van der Waals surface area contributed by atoms with E-state index in [0.717, 1.165) is 0 Å². The molecule has 0 saturated heterocycles. The third kappa shape index (κ3) is 7.66. The first-order valence-corrected chi connectivity index (χ1v) is 6.15. The first-order valence-electron chi connectivity index (χ1n) is 4.26. The van der Waals surface area contributed by atoms with Crippen molar-refractivity contribution in [3.05, 3.63) is 64.6 Å². The second kappa shape index (κ2) is 9.18. The zero-order chi connectivity index (χ0) is 10.6. The smallest absolute Gasteiger partial charge is 0.180 e. The van der Waals surface area contributed by atoms with Gasteiger partial charge in [-0.2, -0.15) is 22.7 Å². The summed E-state index contributed by atoms with van der Waals surface area (Å²) in [5.74, 6) is 0. The standard InChI is InChI=1S/2C4H4S.C3H3NO/c2*1-2-4-5-3-1;1-2-5-3-4-1/h2*1-4H;1-3H. The lowest BCUT2D eigenvalue weighted by molar-refractivity contribution is 0.558. The lowest BCUT2D eigenvalue weighted by Crippen LogP contribution is -1.38. The van der Waals surface area contributed by atoms with E-state index in [1.165, 1.54) is 12.7 Å². The molecule has 2 nitrogen and oxygen atoms in total. The molecule has 0 aromatic carbocycles. The number of hydrogen-bond donors (Lipinski definition) is 0. The normalized spacial score (nSPS) is 8.00. The van der Waals surface area contributed by atoms with Crippen LogP contribution in [0, 0.1) is 0 Å². The third-order valence-corrected chi connectivity index (χ3v) is 2.46. The molecular weight excluding hydrogens is 226 g/mol. The van der Waals surface area contributed by atoms with Gasteiger partial charge >= 0.3 is 0 Å². The number of hydrogen-bond acceptors (Lipinski definition) is 4. The van der Waals surface area contributed by atoms with Crippen LogP contribution >= 0.6 is 22.7 Å². The van der Waals surface area contributed by atoms with Gasteiger partial charge in [-0.25, -0.2) is 4.98 Å². The number of aromatic nitrogens is 1. The van der Waals surface area contributed by atoms with Gasteiger partial charge in [0.2, 0.25) is 0 Å². The Morgan fingerprint density at radius 1 is 0.800 bits per heavy atom. The molecule has 3 aromatic rings. The summed E-state index contributed by atoms with van der Waals surface area (Å²) in [4.78, 5) is 3.56. The molecule has 0 N–H and O–H groups in total. The predicted octanol–water partition coefficient (Wildman–Crippen LogP) is 4.17. The maximum Gasteiger partial charge on any atom is 0.180 e. The van der Waals surface area contributed by atoms with Crippen molar-refractivity contribution < 1.29 is 4.42 Å². The first kappa shape index (κ1) is 11.7. The van der Waals surface area contributed by atoms with Crippen LogP contribution in [-0.4, -0.2) is 4.98 Å². The van der Waals surface area contributed by atoms with E-state index in [9.17, 15) is 0 Å². The molecule has 0 amide bonds. The molecular formula is C11H11NOS2. The van der Waals surface area contributed by atoms with Gasteiger partial charge in [0.25, 0.3) is 0 Å². The van der Waals surface area contributed by atoms with Crippen LogP contribution < -0.4 is 0 Å². The number of rotatable bonds is 0. The van der Waals surface area contributed by atoms with Gasteiger partial charge in [0, 0.05) is 0 Å². The van der Waals surface area contributed by atoms with E-state index in [2.05, 4.69) is 9.40 Å². The van der Waals surface area contributed by atoms with Crippen molar-refractivity contribution in [2.75, 3.05) is 0 Å². The minimum Gasteiger partial charge on any atom is -0.452 e. The van der Waals surface area contributed by atoms with E-state index in [0.29, 0.717) is 0 Å². The zero-order valence-corrected chi connectivity index (χ0v) is 9.66. The Balaban J connectivity index is 0.000000112. The first-order chi connectivity index (χ1) is 7.50. The van der Waals surface area contributed by atoms with Crippen LogP contribution in [0.3, 0.4) is 0 Å². The summed E-state index contributed by atoms with van der Waals surface area (Å²) in [7, 11) is 0. The molecule has 3 heterocycles. The quantitative estimate of drug-likeness (QED) is 0.586. The molecule has 4 heteroatoms. The topological polar surface area (TPSA) is 26.0 Å². The molecule has 15 heavy (non-hydrogen) atoms. The highest BCUT2D eigenvalue weighted by atomic mass is 32.1. The van der Waals surface area contributed by atoms with Crippen molar-refractivity contribution in [1.29, 1.82) is 0 Å². The number of oxazole rings is 1. The molecule has 0 atom stereocenters. The Morgan fingerprint density at radius 2 is 1.33 bits per heavy atom. The second-order valence-corrected chi connectivity index (χ2v) is 3.90. The second-order valence-electron chi connectivity index (χ2n) is 2.26. The van der Waals surface area contributed by atoms with Crippen molar-refractivity contribution in [1.82, 2.24) is 4.98 Å². The highest BCUT2D eigenvalue weighted by Crippen LogP contribution is 1.92. The van der Waals surface area contributed by atoms with Crippen LogP contribution in [-0.2, 0) is 0 Å². The van der Waals surface area contributed by atoms with Crippen LogP contribution in [0.15, 0.2) is 69.1 Å². The van der Waals surface area contributed by atoms with Gasteiger partial charge in [-0.3, -0.25) is 0 Å². The van der Waals surface area contributed by atoms with Crippen molar-refractivity contribution in [3.63, 3.8) is 0 Å². The summed E-state index contributed by atoms with van der Waals surface area (Å²) in [5, 5.41) is 8.17. The van der Waals surface area contributed by atoms with Gasteiger partial charge in [0.15, 0.2) is 6.39 Å².